The summed E-state index contributed by atoms with van der Waals surface area (Å²) in [6.07, 6.45) is 0. The largest absolute Gasteiger partial charge is 0.355 e. The van der Waals surface area contributed by atoms with Crippen LogP contribution in [0.5, 0.6) is 0 Å². The van der Waals surface area contributed by atoms with Gasteiger partial charge in [0.2, 0.25) is 5.91 Å². The molecule has 5 N–H and O–H groups in total. The molecule has 0 fully saturated rings. The summed E-state index contributed by atoms with van der Waals surface area (Å²) >= 11 is 0. The highest BCUT2D eigenvalue weighted by molar-refractivity contribution is 6.35. The van der Waals surface area contributed by atoms with Crippen molar-refractivity contribution >= 4 is 17.7 Å². The van der Waals surface area contributed by atoms with Crippen LogP contribution in [0.1, 0.15) is 18.1 Å². The lowest BCUT2D eigenvalue weighted by atomic mass is 10.1. The minimum atomic E-state index is -0.727. The summed E-state index contributed by atoms with van der Waals surface area (Å²) in [4.78, 5) is 33.7. The molecule has 1 aromatic rings. The van der Waals surface area contributed by atoms with Crippen LogP contribution in [0, 0.1) is 0 Å². The fourth-order valence-corrected chi connectivity index (χ4v) is 1.62. The summed E-state index contributed by atoms with van der Waals surface area (Å²) in [6.45, 7) is 2.54. The first-order chi connectivity index (χ1) is 10.0. The molecule has 0 aromatic heterocycles. The van der Waals surface area contributed by atoms with E-state index in [1.165, 1.54) is 6.92 Å². The number of benzene rings is 1. The van der Waals surface area contributed by atoms with Crippen molar-refractivity contribution in [3.63, 3.8) is 0 Å². The zero-order valence-electron chi connectivity index (χ0n) is 11.9. The van der Waals surface area contributed by atoms with Gasteiger partial charge in [-0.2, -0.15) is 0 Å². The van der Waals surface area contributed by atoms with Crippen LogP contribution in [-0.4, -0.2) is 30.8 Å². The molecule has 7 nitrogen and oxygen atoms in total. The Morgan fingerprint density at radius 3 is 2.29 bits per heavy atom. The monoisotopic (exact) mass is 292 g/mol. The minimum absolute atomic E-state index is 0.187. The van der Waals surface area contributed by atoms with Crippen molar-refractivity contribution in [3.05, 3.63) is 35.4 Å². The molecule has 0 saturated carbocycles. The second-order valence-corrected chi connectivity index (χ2v) is 4.45. The molecule has 0 aliphatic carbocycles. The number of carbonyl (C=O) groups excluding carboxylic acids is 3. The average Bonchev–Trinajstić information content (AvgIpc) is 2.48. The Kier molecular flexibility index (Phi) is 6.90. The molecule has 114 valence electrons. The number of nitrogens with one attached hydrogen (secondary N) is 3. The van der Waals surface area contributed by atoms with Crippen LogP contribution in [0.25, 0.3) is 0 Å². The number of nitrogens with two attached hydrogens (primary N) is 1. The molecule has 0 bridgehead atoms. The minimum Gasteiger partial charge on any atom is -0.355 e. The Bertz CT molecular complexity index is 517. The van der Waals surface area contributed by atoms with Crippen LogP contribution in [0.4, 0.5) is 0 Å². The molecule has 0 atom stereocenters. The molecule has 0 heterocycles. The quantitative estimate of drug-likeness (QED) is 0.398. The first kappa shape index (κ1) is 16.6. The van der Waals surface area contributed by atoms with Gasteiger partial charge in [0.15, 0.2) is 0 Å². The molecule has 1 rings (SSSR count). The van der Waals surface area contributed by atoms with E-state index in [9.17, 15) is 14.4 Å². The average molecular weight is 292 g/mol. The van der Waals surface area contributed by atoms with Gasteiger partial charge in [0.25, 0.3) is 0 Å². The van der Waals surface area contributed by atoms with Gasteiger partial charge in [0, 0.05) is 33.1 Å². The Morgan fingerprint density at radius 1 is 1.00 bits per heavy atom. The second kappa shape index (κ2) is 8.70. The smallest absolute Gasteiger partial charge is 0.309 e. The normalized spacial score (nSPS) is 9.81. The summed E-state index contributed by atoms with van der Waals surface area (Å²) in [7, 11) is 0. The van der Waals surface area contributed by atoms with E-state index in [1.807, 2.05) is 24.3 Å². The zero-order chi connectivity index (χ0) is 15.7. The molecule has 0 spiro atoms. The second-order valence-electron chi connectivity index (χ2n) is 4.45. The highest BCUT2D eigenvalue weighted by Crippen LogP contribution is 2.03. The van der Waals surface area contributed by atoms with E-state index in [-0.39, 0.29) is 25.5 Å². The third-order valence-corrected chi connectivity index (χ3v) is 2.67. The number of hydrogen-bond donors (Lipinski definition) is 4. The molecule has 3 amide bonds. The summed E-state index contributed by atoms with van der Waals surface area (Å²) in [5.74, 6) is -1.63. The van der Waals surface area contributed by atoms with E-state index >= 15 is 0 Å². The summed E-state index contributed by atoms with van der Waals surface area (Å²) in [6, 6.07) is 7.44. The first-order valence-corrected chi connectivity index (χ1v) is 6.61. The van der Waals surface area contributed by atoms with E-state index in [1.54, 1.807) is 0 Å². The highest BCUT2D eigenvalue weighted by atomic mass is 16.2. The lowest BCUT2D eigenvalue weighted by Gasteiger charge is -2.07. The van der Waals surface area contributed by atoms with Gasteiger partial charge in [-0.3, -0.25) is 14.4 Å². The standard InChI is InChI=1S/C14H20N4O3/c1-10(19)16-5-6-17-13(20)14(21)18-9-12-4-2-3-11(7-12)8-15/h2-4,7H,5-6,8-9,15H2,1H3,(H,16,19)(H,17,20)(H,18,21). The van der Waals surface area contributed by atoms with Gasteiger partial charge < -0.3 is 21.7 Å². The van der Waals surface area contributed by atoms with Crippen LogP contribution in [-0.2, 0) is 27.5 Å². The van der Waals surface area contributed by atoms with Crippen molar-refractivity contribution in [3.8, 4) is 0 Å². The molecule has 0 saturated heterocycles. The van der Waals surface area contributed by atoms with Crippen molar-refractivity contribution < 1.29 is 14.4 Å². The highest BCUT2D eigenvalue weighted by Gasteiger charge is 2.12. The van der Waals surface area contributed by atoms with E-state index < -0.39 is 11.8 Å². The van der Waals surface area contributed by atoms with E-state index in [0.717, 1.165) is 11.1 Å². The lowest BCUT2D eigenvalue weighted by Crippen LogP contribution is -2.42. The number of rotatable bonds is 6. The molecule has 21 heavy (non-hydrogen) atoms. The topological polar surface area (TPSA) is 113 Å². The number of amides is 3. The fraction of sp³-hybridized carbons (Fsp3) is 0.357. The van der Waals surface area contributed by atoms with Gasteiger partial charge in [-0.1, -0.05) is 24.3 Å². The maximum atomic E-state index is 11.6. The molecule has 0 aliphatic rings. The summed E-state index contributed by atoms with van der Waals surface area (Å²) in [5, 5.41) is 7.44. The van der Waals surface area contributed by atoms with Crippen molar-refractivity contribution in [2.24, 2.45) is 5.73 Å². The first-order valence-electron chi connectivity index (χ1n) is 6.61. The van der Waals surface area contributed by atoms with E-state index in [2.05, 4.69) is 16.0 Å². The predicted octanol–water partition coefficient (Wildman–Crippen LogP) is -0.986. The summed E-state index contributed by atoms with van der Waals surface area (Å²) in [5.41, 5.74) is 7.36. The third-order valence-electron chi connectivity index (χ3n) is 2.67. The Labute approximate surface area is 123 Å². The SMILES string of the molecule is CC(=O)NCCNC(=O)C(=O)NCc1cccc(CN)c1. The van der Waals surface area contributed by atoms with Gasteiger partial charge in [-0.05, 0) is 11.1 Å². The van der Waals surface area contributed by atoms with Crippen molar-refractivity contribution in [2.75, 3.05) is 13.1 Å². The number of hydrogen-bond acceptors (Lipinski definition) is 4. The van der Waals surface area contributed by atoms with Crippen molar-refractivity contribution in [2.45, 2.75) is 20.0 Å². The Hall–Kier alpha value is -2.41. The molecule has 7 heteroatoms. The number of carbonyl (C=O) groups is 3. The van der Waals surface area contributed by atoms with Gasteiger partial charge in [0.1, 0.15) is 0 Å². The molecule has 1 aromatic carbocycles. The lowest BCUT2D eigenvalue weighted by molar-refractivity contribution is -0.139. The van der Waals surface area contributed by atoms with Gasteiger partial charge in [-0.15, -0.1) is 0 Å². The third kappa shape index (κ3) is 6.53. The van der Waals surface area contributed by atoms with Crippen LogP contribution in [0.3, 0.4) is 0 Å². The van der Waals surface area contributed by atoms with Crippen molar-refractivity contribution in [1.82, 2.24) is 16.0 Å². The van der Waals surface area contributed by atoms with Gasteiger partial charge in [0.05, 0.1) is 0 Å². The zero-order valence-corrected chi connectivity index (χ0v) is 11.9. The fourth-order valence-electron chi connectivity index (χ4n) is 1.62. The van der Waals surface area contributed by atoms with Crippen LogP contribution >= 0.6 is 0 Å². The van der Waals surface area contributed by atoms with E-state index in [0.29, 0.717) is 6.54 Å². The summed E-state index contributed by atoms with van der Waals surface area (Å²) < 4.78 is 0. The Balaban J connectivity index is 2.32. The van der Waals surface area contributed by atoms with Crippen LogP contribution < -0.4 is 21.7 Å². The van der Waals surface area contributed by atoms with Crippen molar-refractivity contribution in [1.29, 1.82) is 0 Å². The molecule has 0 aliphatic heterocycles. The molecule has 0 radical (unpaired) electrons. The molecular formula is C14H20N4O3. The maximum absolute atomic E-state index is 11.6. The predicted molar refractivity (Wildman–Crippen MR) is 77.9 cm³/mol. The maximum Gasteiger partial charge on any atom is 0.309 e. The molecular weight excluding hydrogens is 272 g/mol. The van der Waals surface area contributed by atoms with Crippen LogP contribution in [0.15, 0.2) is 24.3 Å². The van der Waals surface area contributed by atoms with Gasteiger partial charge >= 0.3 is 11.8 Å². The molecule has 0 unspecified atom stereocenters. The van der Waals surface area contributed by atoms with E-state index in [4.69, 9.17) is 5.73 Å². The Morgan fingerprint density at radius 2 is 1.62 bits per heavy atom. The van der Waals surface area contributed by atoms with Gasteiger partial charge in [-0.25, -0.2) is 0 Å². The van der Waals surface area contributed by atoms with Crippen LogP contribution in [0.2, 0.25) is 0 Å².